The number of hydrogen-bond acceptors (Lipinski definition) is 3. The van der Waals surface area contributed by atoms with Gasteiger partial charge in [0.25, 0.3) is 0 Å². The van der Waals surface area contributed by atoms with E-state index in [1.165, 1.54) is 0 Å². The van der Waals surface area contributed by atoms with Gasteiger partial charge in [-0.1, -0.05) is 0 Å². The SMILES string of the molecule is O=C(CC1CNC1)NC(C(=O)O)C1CC1. The molecule has 1 amide bonds. The largest absolute Gasteiger partial charge is 0.480 e. The number of aliphatic carboxylic acids is 1. The van der Waals surface area contributed by atoms with Crippen molar-refractivity contribution in [2.75, 3.05) is 13.1 Å². The fraction of sp³-hybridized carbons (Fsp3) is 0.800. The zero-order valence-electron chi connectivity index (χ0n) is 8.53. The molecule has 5 nitrogen and oxygen atoms in total. The number of carbonyl (C=O) groups is 2. The van der Waals surface area contributed by atoms with Gasteiger partial charge < -0.3 is 15.7 Å². The van der Waals surface area contributed by atoms with Crippen molar-refractivity contribution >= 4 is 11.9 Å². The van der Waals surface area contributed by atoms with Gasteiger partial charge in [0.15, 0.2) is 0 Å². The Bertz CT molecular complexity index is 272. The quantitative estimate of drug-likeness (QED) is 0.578. The summed E-state index contributed by atoms with van der Waals surface area (Å²) >= 11 is 0. The molecule has 1 atom stereocenters. The van der Waals surface area contributed by atoms with Crippen LogP contribution in [0.5, 0.6) is 0 Å². The molecule has 0 radical (unpaired) electrons. The van der Waals surface area contributed by atoms with Crippen LogP contribution in [0.1, 0.15) is 19.3 Å². The van der Waals surface area contributed by atoms with Gasteiger partial charge >= 0.3 is 5.97 Å². The number of amides is 1. The predicted molar refractivity (Wildman–Crippen MR) is 53.3 cm³/mol. The molecule has 1 saturated carbocycles. The van der Waals surface area contributed by atoms with E-state index in [0.717, 1.165) is 25.9 Å². The second-order valence-corrected chi connectivity index (χ2v) is 4.45. The molecule has 0 aromatic heterocycles. The maximum absolute atomic E-state index is 11.5. The lowest BCUT2D eigenvalue weighted by Crippen LogP contribution is -2.47. The minimum Gasteiger partial charge on any atom is -0.480 e. The first-order chi connectivity index (χ1) is 7.16. The number of carbonyl (C=O) groups excluding carboxylic acids is 1. The lowest BCUT2D eigenvalue weighted by molar-refractivity contribution is -0.142. The van der Waals surface area contributed by atoms with Gasteiger partial charge in [-0.25, -0.2) is 4.79 Å². The second-order valence-electron chi connectivity index (χ2n) is 4.45. The van der Waals surface area contributed by atoms with Gasteiger partial charge in [0.2, 0.25) is 5.91 Å². The van der Waals surface area contributed by atoms with Crippen LogP contribution in [0, 0.1) is 11.8 Å². The molecule has 15 heavy (non-hydrogen) atoms. The van der Waals surface area contributed by atoms with E-state index in [9.17, 15) is 9.59 Å². The van der Waals surface area contributed by atoms with E-state index in [4.69, 9.17) is 5.11 Å². The first kappa shape index (κ1) is 10.4. The van der Waals surface area contributed by atoms with Crippen molar-refractivity contribution in [2.45, 2.75) is 25.3 Å². The summed E-state index contributed by atoms with van der Waals surface area (Å²) in [4.78, 5) is 22.3. The highest BCUT2D eigenvalue weighted by atomic mass is 16.4. The molecule has 2 fully saturated rings. The summed E-state index contributed by atoms with van der Waals surface area (Å²) in [6.07, 6.45) is 2.29. The van der Waals surface area contributed by atoms with Gasteiger partial charge in [-0.05, 0) is 37.8 Å². The average Bonchev–Trinajstić information content (AvgIpc) is 2.90. The maximum atomic E-state index is 11.5. The zero-order valence-corrected chi connectivity index (χ0v) is 8.53. The first-order valence-corrected chi connectivity index (χ1v) is 5.39. The average molecular weight is 212 g/mol. The Labute approximate surface area is 88.2 Å². The number of nitrogens with one attached hydrogen (secondary N) is 2. The number of rotatable bonds is 5. The zero-order chi connectivity index (χ0) is 10.8. The molecule has 1 heterocycles. The Hall–Kier alpha value is -1.10. The summed E-state index contributed by atoms with van der Waals surface area (Å²) in [5, 5.41) is 14.6. The second kappa shape index (κ2) is 4.18. The minimum absolute atomic E-state index is 0.124. The van der Waals surface area contributed by atoms with Crippen molar-refractivity contribution in [2.24, 2.45) is 11.8 Å². The van der Waals surface area contributed by atoms with Crippen LogP contribution in [-0.2, 0) is 9.59 Å². The summed E-state index contributed by atoms with van der Waals surface area (Å²) in [6.45, 7) is 1.74. The van der Waals surface area contributed by atoms with E-state index < -0.39 is 12.0 Å². The molecule has 1 aliphatic heterocycles. The van der Waals surface area contributed by atoms with E-state index in [2.05, 4.69) is 10.6 Å². The molecule has 1 unspecified atom stereocenters. The molecule has 2 rings (SSSR count). The van der Waals surface area contributed by atoms with E-state index >= 15 is 0 Å². The van der Waals surface area contributed by atoms with Gasteiger partial charge in [0, 0.05) is 6.42 Å². The lowest BCUT2D eigenvalue weighted by atomic mass is 9.99. The van der Waals surface area contributed by atoms with Crippen LogP contribution >= 0.6 is 0 Å². The lowest BCUT2D eigenvalue weighted by Gasteiger charge is -2.27. The number of carboxylic acids is 1. The Morgan fingerprint density at radius 3 is 2.47 bits per heavy atom. The third kappa shape index (κ3) is 2.68. The Kier molecular flexibility index (Phi) is 2.90. The summed E-state index contributed by atoms with van der Waals surface area (Å²) in [5.41, 5.74) is 0. The van der Waals surface area contributed by atoms with E-state index in [-0.39, 0.29) is 11.8 Å². The third-order valence-corrected chi connectivity index (χ3v) is 3.02. The van der Waals surface area contributed by atoms with Crippen LogP contribution in [0.2, 0.25) is 0 Å². The van der Waals surface area contributed by atoms with Crippen LogP contribution in [0.15, 0.2) is 0 Å². The minimum atomic E-state index is -0.905. The Balaban J connectivity index is 1.77. The highest BCUT2D eigenvalue weighted by Crippen LogP contribution is 2.32. The molecule has 0 bridgehead atoms. The summed E-state index contributed by atoms with van der Waals surface area (Å²) in [5.74, 6) is -0.483. The molecular weight excluding hydrogens is 196 g/mol. The number of carboxylic acid groups (broad SMARTS) is 1. The van der Waals surface area contributed by atoms with Gasteiger partial charge in [-0.3, -0.25) is 4.79 Å². The fourth-order valence-electron chi connectivity index (χ4n) is 1.80. The van der Waals surface area contributed by atoms with Gasteiger partial charge in [0.05, 0.1) is 0 Å². The molecule has 0 spiro atoms. The van der Waals surface area contributed by atoms with Crippen molar-refractivity contribution in [3.05, 3.63) is 0 Å². The molecule has 1 saturated heterocycles. The van der Waals surface area contributed by atoms with Crippen LogP contribution in [0.3, 0.4) is 0 Å². The van der Waals surface area contributed by atoms with Gasteiger partial charge in [-0.2, -0.15) is 0 Å². The summed E-state index contributed by atoms with van der Waals surface area (Å²) in [7, 11) is 0. The fourth-order valence-corrected chi connectivity index (χ4v) is 1.80. The monoisotopic (exact) mass is 212 g/mol. The molecule has 5 heteroatoms. The third-order valence-electron chi connectivity index (χ3n) is 3.02. The number of hydrogen-bond donors (Lipinski definition) is 3. The first-order valence-electron chi connectivity index (χ1n) is 5.39. The van der Waals surface area contributed by atoms with E-state index in [0.29, 0.717) is 12.3 Å². The predicted octanol–water partition coefficient (Wildman–Crippen LogP) is -0.425. The van der Waals surface area contributed by atoms with Crippen LogP contribution < -0.4 is 10.6 Å². The van der Waals surface area contributed by atoms with E-state index in [1.54, 1.807) is 0 Å². The highest BCUT2D eigenvalue weighted by Gasteiger charge is 2.37. The van der Waals surface area contributed by atoms with Crippen molar-refractivity contribution in [1.82, 2.24) is 10.6 Å². The Morgan fingerprint density at radius 2 is 2.07 bits per heavy atom. The van der Waals surface area contributed by atoms with Crippen LogP contribution in [0.25, 0.3) is 0 Å². The summed E-state index contributed by atoms with van der Waals surface area (Å²) < 4.78 is 0. The Morgan fingerprint density at radius 1 is 1.40 bits per heavy atom. The van der Waals surface area contributed by atoms with Crippen LogP contribution in [-0.4, -0.2) is 36.1 Å². The molecule has 2 aliphatic rings. The van der Waals surface area contributed by atoms with Crippen molar-refractivity contribution in [3.8, 4) is 0 Å². The van der Waals surface area contributed by atoms with Gasteiger partial charge in [-0.15, -0.1) is 0 Å². The molecule has 0 aromatic rings. The smallest absolute Gasteiger partial charge is 0.326 e. The van der Waals surface area contributed by atoms with E-state index in [1.807, 2.05) is 0 Å². The highest BCUT2D eigenvalue weighted by molar-refractivity contribution is 5.84. The van der Waals surface area contributed by atoms with Crippen molar-refractivity contribution in [3.63, 3.8) is 0 Å². The van der Waals surface area contributed by atoms with Gasteiger partial charge in [0.1, 0.15) is 6.04 Å². The molecule has 84 valence electrons. The van der Waals surface area contributed by atoms with Crippen molar-refractivity contribution in [1.29, 1.82) is 0 Å². The molecule has 3 N–H and O–H groups in total. The van der Waals surface area contributed by atoms with Crippen molar-refractivity contribution < 1.29 is 14.7 Å². The summed E-state index contributed by atoms with van der Waals surface area (Å²) in [6, 6.07) is -0.662. The standard InChI is InChI=1S/C10H16N2O3/c13-8(3-6-4-11-5-6)12-9(10(14)15)7-1-2-7/h6-7,9,11H,1-5H2,(H,12,13)(H,14,15). The maximum Gasteiger partial charge on any atom is 0.326 e. The molecular formula is C10H16N2O3. The van der Waals surface area contributed by atoms with Crippen LogP contribution in [0.4, 0.5) is 0 Å². The normalized spacial score (nSPS) is 22.9. The topological polar surface area (TPSA) is 78.4 Å². The molecule has 1 aliphatic carbocycles. The molecule has 0 aromatic carbocycles.